The van der Waals surface area contributed by atoms with Crippen LogP contribution in [0.5, 0.6) is 11.5 Å². The van der Waals surface area contributed by atoms with Gasteiger partial charge in [-0.15, -0.1) is 10.2 Å². The number of ether oxygens (including phenoxy) is 2. The fraction of sp³-hybridized carbons (Fsp3) is 0.509. The molecule has 10 rings (SSSR count). The summed E-state index contributed by atoms with van der Waals surface area (Å²) in [6.45, 7) is 20.1. The Morgan fingerprint density at radius 1 is 0.849 bits per heavy atom. The van der Waals surface area contributed by atoms with Crippen LogP contribution in [0.3, 0.4) is 0 Å². The largest absolute Gasteiger partial charge is 0.494 e. The zero-order valence-electron chi connectivity index (χ0n) is 43.5. The van der Waals surface area contributed by atoms with Crippen LogP contribution in [0.2, 0.25) is 5.02 Å². The maximum atomic E-state index is 13.1. The molecule has 3 aromatic heterocycles. The summed E-state index contributed by atoms with van der Waals surface area (Å²) in [4.78, 5) is 50.6. The van der Waals surface area contributed by atoms with E-state index in [0.29, 0.717) is 28.4 Å². The number of anilines is 3. The number of methoxy groups -OCH3 is 1. The lowest BCUT2D eigenvalue weighted by Gasteiger charge is -2.40. The van der Waals surface area contributed by atoms with Crippen LogP contribution in [-0.2, 0) is 11.8 Å². The number of likely N-dealkylation sites (N-methyl/N-ethyl adjacent to an activating group) is 1. The van der Waals surface area contributed by atoms with Crippen molar-refractivity contribution in [3.05, 3.63) is 104 Å². The Balaban J connectivity index is 0.681. The number of amides is 1. The second-order valence-electron chi connectivity index (χ2n) is 20.7. The molecule has 0 saturated carbocycles. The molecule has 1 atom stereocenters. The molecule has 386 valence electrons. The molecule has 1 aliphatic carbocycles. The van der Waals surface area contributed by atoms with Crippen LogP contribution in [0.25, 0.3) is 16.6 Å². The molecule has 0 spiro atoms. The molecule has 17 nitrogen and oxygen atoms in total. The van der Waals surface area contributed by atoms with E-state index in [0.717, 1.165) is 129 Å². The summed E-state index contributed by atoms with van der Waals surface area (Å²) in [5.74, 6) is 4.98. The van der Waals surface area contributed by atoms with Gasteiger partial charge in [-0.3, -0.25) is 19.1 Å². The Morgan fingerprint density at radius 3 is 2.23 bits per heavy atom. The molecule has 3 saturated heterocycles. The number of piperazine rings is 1. The monoisotopic (exact) mass is 1010 g/mol. The molecule has 1 amide bonds. The van der Waals surface area contributed by atoms with Gasteiger partial charge < -0.3 is 44.3 Å². The number of nitrogens with zero attached hydrogens (tertiary/aromatic N) is 11. The zero-order valence-corrected chi connectivity index (χ0v) is 44.3. The Hall–Kier alpha value is -6.14. The van der Waals surface area contributed by atoms with Gasteiger partial charge in [0.2, 0.25) is 5.95 Å². The molecule has 3 fully saturated rings. The smallest absolute Gasteiger partial charge is 0.293 e. The molecule has 7 heterocycles. The van der Waals surface area contributed by atoms with E-state index in [2.05, 4.69) is 72.8 Å². The van der Waals surface area contributed by atoms with Crippen molar-refractivity contribution in [1.82, 2.24) is 49.3 Å². The number of aromatic nitrogens is 6. The van der Waals surface area contributed by atoms with Gasteiger partial charge in [0.15, 0.2) is 18.2 Å². The van der Waals surface area contributed by atoms with Crippen molar-refractivity contribution >= 4 is 57.3 Å². The van der Waals surface area contributed by atoms with E-state index >= 15 is 0 Å². The van der Waals surface area contributed by atoms with Crippen LogP contribution in [-0.4, -0.2) is 148 Å². The first-order valence-electron chi connectivity index (χ1n) is 26.1. The average molecular weight is 1010 g/mol. The predicted octanol–water partition coefficient (Wildman–Crippen LogP) is 7.20. The van der Waals surface area contributed by atoms with Gasteiger partial charge in [-0.25, -0.2) is 4.98 Å². The number of halogens is 1. The number of rotatable bonds is 15. The molecule has 5 aromatic rings. The highest BCUT2D eigenvalue weighted by molar-refractivity contribution is 6.31. The summed E-state index contributed by atoms with van der Waals surface area (Å²) in [7, 11) is 4.77. The maximum absolute atomic E-state index is 13.1. The van der Waals surface area contributed by atoms with Gasteiger partial charge in [-0.2, -0.15) is 4.98 Å². The number of benzene rings is 2. The molecule has 5 aliphatic rings. The van der Waals surface area contributed by atoms with Crippen LogP contribution in [0.4, 0.5) is 17.5 Å². The van der Waals surface area contributed by atoms with E-state index < -0.39 is 0 Å². The van der Waals surface area contributed by atoms with Crippen molar-refractivity contribution in [3.8, 4) is 11.5 Å². The van der Waals surface area contributed by atoms with Crippen LogP contribution < -0.4 is 30.6 Å². The third-order valence-corrected chi connectivity index (χ3v) is 16.2. The highest BCUT2D eigenvalue weighted by Crippen LogP contribution is 2.43. The van der Waals surface area contributed by atoms with Gasteiger partial charge in [-0.1, -0.05) is 29.3 Å². The van der Waals surface area contributed by atoms with E-state index in [1.165, 1.54) is 66.5 Å². The zero-order chi connectivity index (χ0) is 50.9. The van der Waals surface area contributed by atoms with Gasteiger partial charge in [0.1, 0.15) is 23.4 Å². The minimum absolute atomic E-state index is 0.0817. The highest BCUT2D eigenvalue weighted by Gasteiger charge is 2.35. The van der Waals surface area contributed by atoms with Crippen molar-refractivity contribution in [2.75, 3.05) is 103 Å². The number of allylic oxidation sites excluding steroid dienone is 4. The Labute approximate surface area is 433 Å². The number of aryl methyl sites for hydroxylation is 3. The topological polar surface area (TPSA) is 163 Å². The minimum atomic E-state index is -0.358. The molecule has 0 radical (unpaired) electrons. The first-order valence-corrected chi connectivity index (χ1v) is 26.5. The predicted molar refractivity (Wildman–Crippen MR) is 289 cm³/mol. The first-order chi connectivity index (χ1) is 35.3. The van der Waals surface area contributed by atoms with Crippen LogP contribution in [0, 0.1) is 25.7 Å². The number of carbonyl (C=O) groups excluding carboxylic acids is 1. The summed E-state index contributed by atoms with van der Waals surface area (Å²) in [5.41, 5.74) is 9.17. The van der Waals surface area contributed by atoms with E-state index in [-0.39, 0.29) is 29.9 Å². The second kappa shape index (κ2) is 21.8. The second-order valence-corrected chi connectivity index (χ2v) is 21.2. The normalized spacial score (nSPS) is 19.5. The first kappa shape index (κ1) is 50.4. The molecule has 1 unspecified atom stereocenters. The summed E-state index contributed by atoms with van der Waals surface area (Å²) in [5, 5.41) is 16.8. The minimum Gasteiger partial charge on any atom is -0.494 e. The summed E-state index contributed by atoms with van der Waals surface area (Å²) in [6.07, 6.45) is 8.40. The fourth-order valence-electron chi connectivity index (χ4n) is 11.5. The lowest BCUT2D eigenvalue weighted by molar-refractivity contribution is -0.122. The number of nitrogens with one attached hydrogen (secondary N) is 2. The van der Waals surface area contributed by atoms with E-state index in [4.69, 9.17) is 41.1 Å². The summed E-state index contributed by atoms with van der Waals surface area (Å²) < 4.78 is 15.1. The molecule has 2 N–H and O–H groups in total. The van der Waals surface area contributed by atoms with Gasteiger partial charge >= 0.3 is 0 Å². The van der Waals surface area contributed by atoms with Crippen molar-refractivity contribution < 1.29 is 14.3 Å². The lowest BCUT2D eigenvalue weighted by Crippen LogP contribution is -2.49. The molecule has 0 bridgehead atoms. The Morgan fingerprint density at radius 2 is 1.53 bits per heavy atom. The number of pyridine rings is 1. The number of hydrogen-bond acceptors (Lipinski definition) is 14. The van der Waals surface area contributed by atoms with Crippen LogP contribution in [0.1, 0.15) is 81.2 Å². The number of fused-ring (bicyclic) bond motifs is 3. The van der Waals surface area contributed by atoms with Crippen molar-refractivity contribution in [2.24, 2.45) is 23.9 Å². The third-order valence-electron chi connectivity index (χ3n) is 15.9. The van der Waals surface area contributed by atoms with Crippen molar-refractivity contribution in [1.29, 1.82) is 0 Å². The van der Waals surface area contributed by atoms with Crippen molar-refractivity contribution in [3.63, 3.8) is 0 Å². The van der Waals surface area contributed by atoms with Crippen LogP contribution >= 0.6 is 11.6 Å². The van der Waals surface area contributed by atoms with Gasteiger partial charge in [0.25, 0.3) is 11.5 Å². The number of carbonyl (C=O) groups is 1. The molecule has 73 heavy (non-hydrogen) atoms. The number of aliphatic imine (C=N–C) groups is 1. The number of hydrogen-bond donors (Lipinski definition) is 2. The lowest BCUT2D eigenvalue weighted by atomic mass is 9.92. The van der Waals surface area contributed by atoms with Gasteiger partial charge in [0.05, 0.1) is 18.3 Å². The SMILES string of the molecule is CNC(=O)COc1cc2cc(Nc3nc(N4CCC(CN5CCC(CN6CCN(CCC7N=C(c8ccc(Cl)cc8)C8=C(CC(C)=C8C)n8c(C)nnc87)CC6)CC5)CC4)ncc3C)cc(OC)c2n(C)c1=O. The Bertz CT molecular complexity index is 3010. The molecule has 2 aromatic carbocycles. The standard InChI is InChI=1S/C55H70ClN13O4/c1-34-26-45-49(36(34)3)50(40-8-10-42(56)11-9-40)60-44(53-63-62-37(4)69(45)53)16-19-65-22-24-67(25-23-65)32-38-12-17-66(18-13-38)31-39-14-20-68(21-15-39)55-58-30-35(2)52(61-55)59-43-27-41-28-47(73-33-48(70)57-5)54(71)64(6)51(41)46(29-43)72-7/h8-11,27-30,38-39,44H,12-26,31-33H2,1-7H3,(H,57,70)(H,58,59,61). The van der Waals surface area contributed by atoms with Gasteiger partial charge in [-0.05, 0) is 115 Å². The van der Waals surface area contributed by atoms with E-state index in [1.54, 1.807) is 20.2 Å². The van der Waals surface area contributed by atoms with Gasteiger partial charge in [0, 0.05) is 130 Å². The molecular formula is C55H70ClN13O4. The van der Waals surface area contributed by atoms with E-state index in [1.807, 2.05) is 37.4 Å². The summed E-state index contributed by atoms with van der Waals surface area (Å²) >= 11 is 6.35. The van der Waals surface area contributed by atoms with Crippen molar-refractivity contribution in [2.45, 2.75) is 72.3 Å². The fourth-order valence-corrected chi connectivity index (χ4v) is 11.6. The molecule has 4 aliphatic heterocycles. The summed E-state index contributed by atoms with van der Waals surface area (Å²) in [6, 6.07) is 13.5. The molecule has 18 heteroatoms. The van der Waals surface area contributed by atoms with E-state index in [9.17, 15) is 9.59 Å². The molecular weight excluding hydrogens is 942 g/mol. The maximum Gasteiger partial charge on any atom is 0.293 e. The number of piperidine rings is 2. The highest BCUT2D eigenvalue weighted by atomic mass is 35.5. The quantitative estimate of drug-likeness (QED) is 0.108. The average Bonchev–Trinajstić information content (AvgIpc) is 3.88. The Kier molecular flexibility index (Phi) is 15.0. The van der Waals surface area contributed by atoms with Crippen LogP contribution in [0.15, 0.2) is 75.2 Å². The third kappa shape index (κ3) is 10.8. The number of likely N-dealkylation sites (tertiary alicyclic amines) is 1.